The zero-order valence-corrected chi connectivity index (χ0v) is 13.9. The molecule has 0 aliphatic carbocycles. The quantitative estimate of drug-likeness (QED) is 0.851. The van der Waals surface area contributed by atoms with Crippen LogP contribution in [0, 0.1) is 6.92 Å². The minimum atomic E-state index is -0.612. The van der Waals surface area contributed by atoms with Crippen LogP contribution in [0.5, 0.6) is 0 Å². The van der Waals surface area contributed by atoms with Crippen LogP contribution in [0.15, 0.2) is 42.5 Å². The Morgan fingerprint density at radius 3 is 2.52 bits per heavy atom. The molecule has 2 aromatic carbocycles. The molecule has 1 saturated heterocycles. The summed E-state index contributed by atoms with van der Waals surface area (Å²) in [6, 6.07) is 11.7. The molecule has 1 atom stereocenters. The molecule has 1 aliphatic heterocycles. The van der Waals surface area contributed by atoms with Crippen molar-refractivity contribution in [3.63, 3.8) is 0 Å². The second kappa shape index (κ2) is 6.22. The Kier molecular flexibility index (Phi) is 4.28. The Balaban J connectivity index is 1.84. The first kappa shape index (κ1) is 15.8. The molecule has 1 aliphatic rings. The average Bonchev–Trinajstić information content (AvgIpc) is 2.78. The summed E-state index contributed by atoms with van der Waals surface area (Å²) in [7, 11) is 0. The van der Waals surface area contributed by atoms with Crippen molar-refractivity contribution in [3.8, 4) is 0 Å². The molecule has 0 aromatic heterocycles. The lowest BCUT2D eigenvalue weighted by Gasteiger charge is -2.18. The minimum absolute atomic E-state index is 0.105. The summed E-state index contributed by atoms with van der Waals surface area (Å²) in [6.45, 7) is 1.87. The molecular formula is C17H14Cl2N2O2. The number of imide groups is 1. The van der Waals surface area contributed by atoms with E-state index in [0.29, 0.717) is 21.4 Å². The third-order valence-electron chi connectivity index (χ3n) is 3.76. The van der Waals surface area contributed by atoms with Crippen LogP contribution >= 0.6 is 23.2 Å². The second-order valence-corrected chi connectivity index (χ2v) is 6.20. The summed E-state index contributed by atoms with van der Waals surface area (Å²) in [5.74, 6) is -0.489. The normalized spacial score (nSPS) is 17.7. The van der Waals surface area contributed by atoms with Gasteiger partial charge in [0.2, 0.25) is 5.91 Å². The number of carbonyl (C=O) groups is 2. The van der Waals surface area contributed by atoms with E-state index in [1.165, 1.54) is 4.90 Å². The molecule has 0 unspecified atom stereocenters. The number of anilines is 2. The van der Waals surface area contributed by atoms with Gasteiger partial charge in [-0.3, -0.25) is 9.59 Å². The Morgan fingerprint density at radius 1 is 1.09 bits per heavy atom. The monoisotopic (exact) mass is 348 g/mol. The molecule has 0 saturated carbocycles. The summed E-state index contributed by atoms with van der Waals surface area (Å²) in [4.78, 5) is 26.1. The second-order valence-electron chi connectivity index (χ2n) is 5.38. The lowest BCUT2D eigenvalue weighted by molar-refractivity contribution is -0.121. The maximum atomic E-state index is 12.6. The molecule has 4 nitrogen and oxygen atoms in total. The van der Waals surface area contributed by atoms with Gasteiger partial charge in [0, 0.05) is 5.69 Å². The predicted octanol–water partition coefficient (Wildman–Crippen LogP) is 4.05. The molecular weight excluding hydrogens is 335 g/mol. The molecule has 2 amide bonds. The van der Waals surface area contributed by atoms with Gasteiger partial charge < -0.3 is 5.32 Å². The summed E-state index contributed by atoms with van der Waals surface area (Å²) in [5.41, 5.74) is 2.16. The van der Waals surface area contributed by atoms with Gasteiger partial charge in [-0.2, -0.15) is 0 Å². The van der Waals surface area contributed by atoms with Gasteiger partial charge in [0.1, 0.15) is 6.04 Å². The van der Waals surface area contributed by atoms with Gasteiger partial charge in [0.15, 0.2) is 0 Å². The molecule has 2 aromatic rings. The summed E-state index contributed by atoms with van der Waals surface area (Å²) in [5, 5.41) is 3.88. The van der Waals surface area contributed by atoms with E-state index in [1.54, 1.807) is 24.3 Å². The van der Waals surface area contributed by atoms with Crippen molar-refractivity contribution in [2.24, 2.45) is 0 Å². The van der Waals surface area contributed by atoms with E-state index in [0.717, 1.165) is 5.56 Å². The highest BCUT2D eigenvalue weighted by molar-refractivity contribution is 6.42. The Labute approximate surface area is 144 Å². The zero-order valence-electron chi connectivity index (χ0n) is 12.3. The number of halogens is 2. The molecule has 1 fully saturated rings. The van der Waals surface area contributed by atoms with Crippen molar-refractivity contribution in [1.29, 1.82) is 0 Å². The minimum Gasteiger partial charge on any atom is -0.373 e. The van der Waals surface area contributed by atoms with Gasteiger partial charge in [-0.15, -0.1) is 0 Å². The third kappa shape index (κ3) is 3.05. The predicted molar refractivity (Wildman–Crippen MR) is 92.2 cm³/mol. The number of rotatable bonds is 3. The van der Waals surface area contributed by atoms with E-state index < -0.39 is 6.04 Å². The molecule has 23 heavy (non-hydrogen) atoms. The highest BCUT2D eigenvalue weighted by Crippen LogP contribution is 2.29. The van der Waals surface area contributed by atoms with E-state index >= 15 is 0 Å². The van der Waals surface area contributed by atoms with E-state index in [2.05, 4.69) is 5.32 Å². The van der Waals surface area contributed by atoms with Gasteiger partial charge >= 0.3 is 0 Å². The molecule has 3 rings (SSSR count). The summed E-state index contributed by atoms with van der Waals surface area (Å²) >= 11 is 11.9. The Hall–Kier alpha value is -2.04. The van der Waals surface area contributed by atoms with E-state index in [-0.39, 0.29) is 18.2 Å². The molecule has 0 spiro atoms. The number of para-hydroxylation sites is 1. The molecule has 6 heteroatoms. The van der Waals surface area contributed by atoms with Crippen molar-refractivity contribution in [2.45, 2.75) is 19.4 Å². The fourth-order valence-electron chi connectivity index (χ4n) is 2.60. The van der Waals surface area contributed by atoms with Crippen LogP contribution in [0.2, 0.25) is 10.0 Å². The van der Waals surface area contributed by atoms with Crippen LogP contribution in [0.1, 0.15) is 12.0 Å². The smallest absolute Gasteiger partial charge is 0.256 e. The summed E-state index contributed by atoms with van der Waals surface area (Å²) < 4.78 is 0. The van der Waals surface area contributed by atoms with Crippen LogP contribution in [-0.2, 0) is 9.59 Å². The van der Waals surface area contributed by atoms with Crippen molar-refractivity contribution < 1.29 is 9.59 Å². The van der Waals surface area contributed by atoms with Crippen molar-refractivity contribution >= 4 is 46.4 Å². The standard InChI is InChI=1S/C17H14Cl2N2O2/c1-10-4-2-3-5-15(10)21-16(22)9-14(17(21)23)20-11-6-7-12(18)13(19)8-11/h2-8,14,20H,9H2,1H3/t14-/m0/s1. The van der Waals surface area contributed by atoms with Gasteiger partial charge in [-0.25, -0.2) is 4.90 Å². The molecule has 0 bridgehead atoms. The maximum Gasteiger partial charge on any atom is 0.256 e. The first-order valence-corrected chi connectivity index (χ1v) is 7.87. The van der Waals surface area contributed by atoms with Crippen LogP contribution in [0.3, 0.4) is 0 Å². The SMILES string of the molecule is Cc1ccccc1N1C(=O)C[C@H](Nc2ccc(Cl)c(Cl)c2)C1=O. The molecule has 0 radical (unpaired) electrons. The highest BCUT2D eigenvalue weighted by Gasteiger charge is 2.40. The third-order valence-corrected chi connectivity index (χ3v) is 4.50. The number of aryl methyl sites for hydroxylation is 1. The topological polar surface area (TPSA) is 49.4 Å². The number of nitrogens with one attached hydrogen (secondary N) is 1. The summed E-state index contributed by atoms with van der Waals surface area (Å²) in [6.07, 6.45) is 0.105. The Bertz CT molecular complexity index is 792. The lowest BCUT2D eigenvalue weighted by atomic mass is 10.2. The van der Waals surface area contributed by atoms with Crippen LogP contribution in [0.25, 0.3) is 0 Å². The molecule has 1 heterocycles. The van der Waals surface area contributed by atoms with Crippen molar-refractivity contribution in [1.82, 2.24) is 0 Å². The largest absolute Gasteiger partial charge is 0.373 e. The van der Waals surface area contributed by atoms with Crippen molar-refractivity contribution in [2.75, 3.05) is 10.2 Å². The van der Waals surface area contributed by atoms with Crippen LogP contribution < -0.4 is 10.2 Å². The molecule has 118 valence electrons. The first-order valence-electron chi connectivity index (χ1n) is 7.11. The Morgan fingerprint density at radius 2 is 1.83 bits per heavy atom. The fourth-order valence-corrected chi connectivity index (χ4v) is 2.90. The van der Waals surface area contributed by atoms with Gasteiger partial charge in [0.25, 0.3) is 5.91 Å². The number of carbonyl (C=O) groups excluding carboxylic acids is 2. The van der Waals surface area contributed by atoms with Gasteiger partial charge in [0.05, 0.1) is 22.2 Å². The number of hydrogen-bond acceptors (Lipinski definition) is 3. The number of hydrogen-bond donors (Lipinski definition) is 1. The number of nitrogens with zero attached hydrogens (tertiary/aromatic N) is 1. The van der Waals surface area contributed by atoms with E-state index in [9.17, 15) is 9.59 Å². The number of amides is 2. The van der Waals surface area contributed by atoms with Crippen LogP contribution in [0.4, 0.5) is 11.4 Å². The van der Waals surface area contributed by atoms with E-state index in [1.807, 2.05) is 25.1 Å². The van der Waals surface area contributed by atoms with Gasteiger partial charge in [-0.1, -0.05) is 41.4 Å². The lowest BCUT2D eigenvalue weighted by Crippen LogP contribution is -2.35. The molecule has 1 N–H and O–H groups in total. The average molecular weight is 349 g/mol. The number of benzene rings is 2. The van der Waals surface area contributed by atoms with Gasteiger partial charge in [-0.05, 0) is 36.8 Å². The fraction of sp³-hybridized carbons (Fsp3) is 0.176. The van der Waals surface area contributed by atoms with Crippen molar-refractivity contribution in [3.05, 3.63) is 58.1 Å². The first-order chi connectivity index (χ1) is 11.0. The van der Waals surface area contributed by atoms with Crippen LogP contribution in [-0.4, -0.2) is 17.9 Å². The maximum absolute atomic E-state index is 12.6. The van der Waals surface area contributed by atoms with E-state index in [4.69, 9.17) is 23.2 Å². The highest BCUT2D eigenvalue weighted by atomic mass is 35.5. The zero-order chi connectivity index (χ0) is 16.6.